The van der Waals surface area contributed by atoms with Gasteiger partial charge in [0, 0.05) is 47.3 Å². The van der Waals surface area contributed by atoms with Gasteiger partial charge in [0.05, 0.1) is 16.9 Å². The number of carbonyl (C=O) groups excluding carboxylic acids is 1. The van der Waals surface area contributed by atoms with Gasteiger partial charge in [0.2, 0.25) is 5.91 Å². The van der Waals surface area contributed by atoms with Crippen LogP contribution in [0, 0.1) is 6.92 Å². The van der Waals surface area contributed by atoms with Crippen LogP contribution in [0.25, 0.3) is 33.8 Å². The average molecular weight is 606 g/mol. The molecule has 1 amide bonds. The average Bonchev–Trinajstić information content (AvgIpc) is 2.96. The Bertz CT molecular complexity index is 1850. The fourth-order valence-corrected chi connectivity index (χ4v) is 6.63. The quantitative estimate of drug-likeness (QED) is 0.235. The summed E-state index contributed by atoms with van der Waals surface area (Å²) in [5, 5.41) is 2.49. The number of carbonyl (C=O) groups is 1. The largest absolute Gasteiger partial charge is 0.354 e. The lowest BCUT2D eigenvalue weighted by atomic mass is 9.77. The first-order valence-electron chi connectivity index (χ1n) is 15.1. The third-order valence-corrected chi connectivity index (χ3v) is 8.54. The maximum Gasteiger partial charge on any atom is 0.354 e. The van der Waals surface area contributed by atoms with Gasteiger partial charge in [-0.15, -0.1) is 5.37 Å². The zero-order chi connectivity index (χ0) is 31.9. The number of aryl methyl sites for hydroxylation is 1. The van der Waals surface area contributed by atoms with Crippen LogP contribution >= 0.6 is 11.6 Å². The summed E-state index contributed by atoms with van der Waals surface area (Å²) in [6.07, 6.45) is 5.27. The molecule has 2 atom stereocenters. The van der Waals surface area contributed by atoms with Gasteiger partial charge in [0.1, 0.15) is 21.5 Å². The maximum absolute atomic E-state index is 14.3. The molecule has 0 N–H and O–H groups in total. The molecule has 1 aliphatic rings. The minimum absolute atomic E-state index is 0.0761. The Morgan fingerprint density at radius 2 is 1.77 bits per heavy atom. The monoisotopic (exact) mass is 605 g/mol. The molecule has 4 aromatic rings. The Labute approximate surface area is 266 Å². The second-order valence-corrected chi connectivity index (χ2v) is 12.7. The Hall–Kier alpha value is -4.10. The molecule has 3 heterocycles. The highest BCUT2D eigenvalue weighted by Crippen LogP contribution is 2.39. The number of benzene rings is 2. The number of aromatic nitrogens is 3. The standard InChI is InChI=1S/C34H38B2ClN5O2/c1-7-30(43)40-17-21(5)41(22(6)18-40)33-26-15-27(37)25(24-11-9-8-10-23(24)14-29(35)36)16-28(26)42(34(44)39-33)32-20(4)12-13-38-31(32)19(2)3/h7-16,19,21-22H,1,17-18,35-36H2,2-6H3/t21-,22-/m0/s1. The van der Waals surface area contributed by atoms with Gasteiger partial charge in [0.15, 0.2) is 0 Å². The first-order valence-corrected chi connectivity index (χ1v) is 15.5. The van der Waals surface area contributed by atoms with Crippen LogP contribution in [0.3, 0.4) is 0 Å². The number of piperazine rings is 1. The molecule has 7 nitrogen and oxygen atoms in total. The summed E-state index contributed by atoms with van der Waals surface area (Å²) in [5.41, 5.74) is 5.65. The van der Waals surface area contributed by atoms with Crippen molar-refractivity contribution < 1.29 is 4.79 Å². The van der Waals surface area contributed by atoms with Gasteiger partial charge in [0.25, 0.3) is 0 Å². The number of amides is 1. The highest BCUT2D eigenvalue weighted by Gasteiger charge is 2.34. The summed E-state index contributed by atoms with van der Waals surface area (Å²) in [6, 6.07) is 13.8. The number of pyridine rings is 1. The lowest BCUT2D eigenvalue weighted by Gasteiger charge is -2.45. The third kappa shape index (κ3) is 5.73. The van der Waals surface area contributed by atoms with Crippen molar-refractivity contribution in [1.29, 1.82) is 0 Å². The molecule has 224 valence electrons. The Kier molecular flexibility index (Phi) is 8.89. The molecule has 44 heavy (non-hydrogen) atoms. The molecule has 0 bridgehead atoms. The van der Waals surface area contributed by atoms with E-state index in [9.17, 15) is 9.59 Å². The van der Waals surface area contributed by atoms with Crippen LogP contribution in [0.1, 0.15) is 50.4 Å². The normalized spacial score (nSPS) is 16.8. The van der Waals surface area contributed by atoms with Crippen LogP contribution in [-0.4, -0.2) is 66.2 Å². The van der Waals surface area contributed by atoms with Crippen molar-refractivity contribution in [3.05, 3.63) is 99.0 Å². The summed E-state index contributed by atoms with van der Waals surface area (Å²) < 4.78 is 1.70. The lowest BCUT2D eigenvalue weighted by Crippen LogP contribution is -2.58. The lowest BCUT2D eigenvalue weighted by molar-refractivity contribution is -0.127. The second kappa shape index (κ2) is 12.5. The van der Waals surface area contributed by atoms with Crippen molar-refractivity contribution in [3.8, 4) is 16.8 Å². The molecule has 0 aliphatic carbocycles. The van der Waals surface area contributed by atoms with Crippen LogP contribution in [0.5, 0.6) is 0 Å². The van der Waals surface area contributed by atoms with Crippen LogP contribution in [0.4, 0.5) is 5.82 Å². The SMILES string of the molecule is BC(B)=Cc1ccccc1-c1cc2c(cc1Cl)c(N1[C@@H](C)CN(C(=O)C=C)C[C@@H]1C)nc(=O)n2-c1c(C)ccnc1C(C)C. The number of fused-ring (bicyclic) bond motifs is 1. The molecular weight excluding hydrogens is 567 g/mol. The molecule has 1 fully saturated rings. The van der Waals surface area contributed by atoms with E-state index in [4.69, 9.17) is 21.6 Å². The van der Waals surface area contributed by atoms with E-state index in [0.29, 0.717) is 29.4 Å². The first-order chi connectivity index (χ1) is 20.9. The van der Waals surface area contributed by atoms with E-state index in [-0.39, 0.29) is 29.6 Å². The van der Waals surface area contributed by atoms with Gasteiger partial charge >= 0.3 is 5.69 Å². The Morgan fingerprint density at radius 1 is 1.09 bits per heavy atom. The van der Waals surface area contributed by atoms with E-state index >= 15 is 0 Å². The molecule has 2 aromatic heterocycles. The summed E-state index contributed by atoms with van der Waals surface area (Å²) in [6.45, 7) is 14.9. The molecule has 0 spiro atoms. The highest BCUT2D eigenvalue weighted by molar-refractivity contribution is 6.50. The van der Waals surface area contributed by atoms with Gasteiger partial charge in [-0.05, 0) is 67.7 Å². The van der Waals surface area contributed by atoms with Gasteiger partial charge in [-0.2, -0.15) is 4.98 Å². The molecular formula is C34H38B2ClN5O2. The number of hydrogen-bond donors (Lipinski definition) is 0. The molecule has 0 unspecified atom stereocenters. The number of hydrogen-bond acceptors (Lipinski definition) is 5. The zero-order valence-corrected chi connectivity index (χ0v) is 27.3. The second-order valence-electron chi connectivity index (χ2n) is 12.3. The van der Waals surface area contributed by atoms with Crippen molar-refractivity contribution in [1.82, 2.24) is 19.4 Å². The van der Waals surface area contributed by atoms with Gasteiger partial charge < -0.3 is 9.80 Å². The van der Waals surface area contributed by atoms with E-state index < -0.39 is 0 Å². The number of halogens is 1. The van der Waals surface area contributed by atoms with Crippen molar-refractivity contribution in [2.24, 2.45) is 0 Å². The molecule has 1 aliphatic heterocycles. The van der Waals surface area contributed by atoms with Crippen LogP contribution < -0.4 is 10.6 Å². The van der Waals surface area contributed by atoms with Crippen molar-refractivity contribution in [2.75, 3.05) is 18.0 Å². The molecule has 0 radical (unpaired) electrons. The topological polar surface area (TPSA) is 71.3 Å². The van der Waals surface area contributed by atoms with Crippen molar-refractivity contribution >= 4 is 56.0 Å². The summed E-state index contributed by atoms with van der Waals surface area (Å²) in [7, 11) is 4.13. The molecule has 2 aromatic carbocycles. The molecule has 10 heteroatoms. The fourth-order valence-electron chi connectivity index (χ4n) is 6.36. The minimum atomic E-state index is -0.389. The van der Waals surface area contributed by atoms with Crippen molar-refractivity contribution in [3.63, 3.8) is 0 Å². The Balaban J connectivity index is 1.85. The molecule has 1 saturated heterocycles. The highest BCUT2D eigenvalue weighted by atomic mass is 35.5. The van der Waals surface area contributed by atoms with Gasteiger partial charge in [-0.25, -0.2) is 4.79 Å². The van der Waals surface area contributed by atoms with Crippen LogP contribution in [-0.2, 0) is 4.79 Å². The van der Waals surface area contributed by atoms with Crippen LogP contribution in [0.2, 0.25) is 5.02 Å². The molecule has 5 rings (SSSR count). The van der Waals surface area contributed by atoms with Gasteiger partial charge in [-0.1, -0.05) is 62.4 Å². The fraction of sp³-hybridized carbons (Fsp3) is 0.294. The van der Waals surface area contributed by atoms with Crippen molar-refractivity contribution in [2.45, 2.75) is 52.6 Å². The van der Waals surface area contributed by atoms with E-state index in [1.807, 2.05) is 51.1 Å². The smallest absolute Gasteiger partial charge is 0.347 e. The first kappa shape index (κ1) is 31.3. The predicted octanol–water partition coefficient (Wildman–Crippen LogP) is 4.71. The van der Waals surface area contributed by atoms with E-state index in [1.165, 1.54) is 11.4 Å². The van der Waals surface area contributed by atoms with Crippen LogP contribution in [0.15, 0.2) is 71.5 Å². The zero-order valence-electron chi connectivity index (χ0n) is 26.6. The summed E-state index contributed by atoms with van der Waals surface area (Å²) in [5.74, 6) is 0.533. The number of rotatable bonds is 6. The minimum Gasteiger partial charge on any atom is -0.347 e. The Morgan fingerprint density at radius 3 is 2.41 bits per heavy atom. The van der Waals surface area contributed by atoms with Gasteiger partial charge in [-0.3, -0.25) is 14.3 Å². The van der Waals surface area contributed by atoms with E-state index in [0.717, 1.165) is 39.0 Å². The van der Waals surface area contributed by atoms with E-state index in [2.05, 4.69) is 59.2 Å². The number of nitrogens with zero attached hydrogens (tertiary/aromatic N) is 5. The maximum atomic E-state index is 14.3. The number of anilines is 1. The molecule has 0 saturated carbocycles. The van der Waals surface area contributed by atoms with E-state index in [1.54, 1.807) is 15.7 Å². The summed E-state index contributed by atoms with van der Waals surface area (Å²) in [4.78, 5) is 40.2. The predicted molar refractivity (Wildman–Crippen MR) is 188 cm³/mol. The third-order valence-electron chi connectivity index (χ3n) is 8.23. The summed E-state index contributed by atoms with van der Waals surface area (Å²) >= 11 is 7.13.